The Kier molecular flexibility index (Phi) is 5.52. The van der Waals surface area contributed by atoms with Crippen LogP contribution in [0.25, 0.3) is 10.2 Å². The van der Waals surface area contributed by atoms with Crippen molar-refractivity contribution in [2.24, 2.45) is 11.8 Å². The van der Waals surface area contributed by atoms with E-state index in [0.29, 0.717) is 5.95 Å². The van der Waals surface area contributed by atoms with Crippen molar-refractivity contribution in [2.75, 3.05) is 54.4 Å². The lowest BCUT2D eigenvalue weighted by atomic mass is 9.75. The van der Waals surface area contributed by atoms with Gasteiger partial charge in [0.2, 0.25) is 17.8 Å². The molecule has 6 rings (SSSR count). The Morgan fingerprint density at radius 3 is 2.59 bits per heavy atom. The van der Waals surface area contributed by atoms with Crippen molar-refractivity contribution in [3.05, 3.63) is 23.7 Å². The average molecular weight is 451 g/mol. The number of thiazole rings is 1. The van der Waals surface area contributed by atoms with E-state index < -0.39 is 0 Å². The van der Waals surface area contributed by atoms with Gasteiger partial charge in [-0.3, -0.25) is 0 Å². The standard InChI is InChI=1S/C23H30N8S/c1-2-4-17-14-31(10-7-16(17)3-1)23-28-21(27-22(29-23)30-11-8-24-9-12-30)26-18-5-6-19-20(13-18)32-15-25-19/h5-6,13,15-17,24H,1-4,7-12,14H2,(H,26,27,28,29). The first-order chi connectivity index (χ1) is 15.8. The molecule has 2 saturated heterocycles. The van der Waals surface area contributed by atoms with Crippen LogP contribution in [0.1, 0.15) is 32.1 Å². The molecule has 8 nitrogen and oxygen atoms in total. The van der Waals surface area contributed by atoms with Gasteiger partial charge in [-0.2, -0.15) is 15.0 Å². The lowest BCUT2D eigenvalue weighted by molar-refractivity contribution is 0.201. The van der Waals surface area contributed by atoms with Gasteiger partial charge in [0, 0.05) is 45.0 Å². The number of hydrogen-bond acceptors (Lipinski definition) is 9. The van der Waals surface area contributed by atoms with Gasteiger partial charge in [-0.1, -0.05) is 19.3 Å². The number of anilines is 4. The zero-order valence-corrected chi connectivity index (χ0v) is 19.2. The summed E-state index contributed by atoms with van der Waals surface area (Å²) in [6.07, 6.45) is 6.76. The van der Waals surface area contributed by atoms with Crippen LogP contribution in [0.2, 0.25) is 0 Å². The number of nitrogens with zero attached hydrogens (tertiary/aromatic N) is 6. The number of rotatable bonds is 4. The fourth-order valence-electron chi connectivity index (χ4n) is 5.40. The topological polar surface area (TPSA) is 82.1 Å². The third kappa shape index (κ3) is 4.11. The number of piperidine rings is 1. The van der Waals surface area contributed by atoms with E-state index in [1.807, 2.05) is 17.6 Å². The van der Waals surface area contributed by atoms with Crippen molar-refractivity contribution < 1.29 is 0 Å². The normalized spacial score (nSPS) is 23.9. The molecule has 0 bridgehead atoms. The minimum atomic E-state index is 0.623. The molecule has 2 atom stereocenters. The van der Waals surface area contributed by atoms with Crippen molar-refractivity contribution in [1.82, 2.24) is 25.3 Å². The number of hydrogen-bond donors (Lipinski definition) is 2. The van der Waals surface area contributed by atoms with Crippen molar-refractivity contribution in [2.45, 2.75) is 32.1 Å². The van der Waals surface area contributed by atoms with Gasteiger partial charge in [0.05, 0.1) is 15.7 Å². The monoisotopic (exact) mass is 450 g/mol. The maximum absolute atomic E-state index is 4.96. The summed E-state index contributed by atoms with van der Waals surface area (Å²) in [5, 5.41) is 6.87. The molecule has 3 fully saturated rings. The Labute approximate surface area is 192 Å². The van der Waals surface area contributed by atoms with E-state index in [-0.39, 0.29) is 0 Å². The van der Waals surface area contributed by atoms with Gasteiger partial charge >= 0.3 is 0 Å². The van der Waals surface area contributed by atoms with E-state index in [4.69, 9.17) is 15.0 Å². The van der Waals surface area contributed by atoms with Gasteiger partial charge in [-0.05, 0) is 42.9 Å². The summed E-state index contributed by atoms with van der Waals surface area (Å²) in [7, 11) is 0. The summed E-state index contributed by atoms with van der Waals surface area (Å²) in [6, 6.07) is 6.21. The predicted molar refractivity (Wildman–Crippen MR) is 130 cm³/mol. The molecule has 0 spiro atoms. The summed E-state index contributed by atoms with van der Waals surface area (Å²) in [5.74, 6) is 3.89. The molecular weight excluding hydrogens is 420 g/mol. The molecule has 4 heterocycles. The Balaban J connectivity index is 1.30. The molecular formula is C23H30N8S. The Morgan fingerprint density at radius 2 is 1.72 bits per heavy atom. The number of nitrogens with one attached hydrogen (secondary N) is 2. The molecule has 1 saturated carbocycles. The minimum Gasteiger partial charge on any atom is -0.340 e. The quantitative estimate of drug-likeness (QED) is 0.623. The Bertz CT molecular complexity index is 1080. The second-order valence-electron chi connectivity index (χ2n) is 9.20. The van der Waals surface area contributed by atoms with Crippen LogP contribution in [0.15, 0.2) is 23.7 Å². The molecule has 1 aromatic carbocycles. The third-order valence-electron chi connectivity index (χ3n) is 7.17. The summed E-state index contributed by atoms with van der Waals surface area (Å²) >= 11 is 1.65. The van der Waals surface area contributed by atoms with Crippen molar-refractivity contribution in [3.8, 4) is 0 Å². The summed E-state index contributed by atoms with van der Waals surface area (Å²) in [6.45, 7) is 5.86. The first-order valence-electron chi connectivity index (χ1n) is 11.9. The fourth-order valence-corrected chi connectivity index (χ4v) is 6.12. The van der Waals surface area contributed by atoms with Crippen LogP contribution in [0.3, 0.4) is 0 Å². The highest BCUT2D eigenvalue weighted by atomic mass is 32.1. The summed E-state index contributed by atoms with van der Waals surface area (Å²) in [5.41, 5.74) is 3.89. The number of benzene rings is 1. The smallest absolute Gasteiger partial charge is 0.233 e. The second-order valence-corrected chi connectivity index (χ2v) is 10.1. The second kappa shape index (κ2) is 8.78. The van der Waals surface area contributed by atoms with Crippen LogP contribution in [0, 0.1) is 11.8 Å². The van der Waals surface area contributed by atoms with Crippen LogP contribution >= 0.6 is 11.3 Å². The van der Waals surface area contributed by atoms with Crippen LogP contribution in [0.4, 0.5) is 23.5 Å². The average Bonchev–Trinajstić information content (AvgIpc) is 3.32. The van der Waals surface area contributed by atoms with Crippen molar-refractivity contribution in [3.63, 3.8) is 0 Å². The molecule has 2 aromatic heterocycles. The van der Waals surface area contributed by atoms with Crippen molar-refractivity contribution in [1.29, 1.82) is 0 Å². The highest BCUT2D eigenvalue weighted by Gasteiger charge is 2.32. The lowest BCUT2D eigenvalue weighted by Crippen LogP contribution is -2.45. The maximum atomic E-state index is 4.96. The molecule has 1 aliphatic carbocycles. The fraction of sp³-hybridized carbons (Fsp3) is 0.565. The molecule has 2 aliphatic heterocycles. The Morgan fingerprint density at radius 1 is 0.906 bits per heavy atom. The van der Waals surface area contributed by atoms with E-state index in [0.717, 1.165) is 78.9 Å². The largest absolute Gasteiger partial charge is 0.340 e. The van der Waals surface area contributed by atoms with Crippen LogP contribution in [0.5, 0.6) is 0 Å². The van der Waals surface area contributed by atoms with Crippen LogP contribution < -0.4 is 20.4 Å². The number of fused-ring (bicyclic) bond motifs is 2. The van der Waals surface area contributed by atoms with Crippen molar-refractivity contribution >= 4 is 45.1 Å². The molecule has 0 radical (unpaired) electrons. The molecule has 3 aliphatic rings. The first-order valence-corrected chi connectivity index (χ1v) is 12.8. The lowest BCUT2D eigenvalue weighted by Gasteiger charge is -2.41. The van der Waals surface area contributed by atoms with Gasteiger partial charge < -0.3 is 20.4 Å². The zero-order chi connectivity index (χ0) is 21.3. The third-order valence-corrected chi connectivity index (χ3v) is 7.96. The van der Waals surface area contributed by atoms with Gasteiger partial charge in [0.1, 0.15) is 0 Å². The van der Waals surface area contributed by atoms with Gasteiger partial charge in [-0.15, -0.1) is 11.3 Å². The molecule has 3 aromatic rings. The highest BCUT2D eigenvalue weighted by Crippen LogP contribution is 2.37. The zero-order valence-electron chi connectivity index (χ0n) is 18.3. The summed E-state index contributed by atoms with van der Waals surface area (Å²) < 4.78 is 1.16. The number of aromatic nitrogens is 4. The summed E-state index contributed by atoms with van der Waals surface area (Å²) in [4.78, 5) is 23.7. The predicted octanol–water partition coefficient (Wildman–Crippen LogP) is 3.65. The minimum absolute atomic E-state index is 0.623. The SMILES string of the molecule is c1nc2ccc(Nc3nc(N4CCNCC4)nc(N4CCC5CCCCC5C4)n3)cc2s1. The van der Waals surface area contributed by atoms with Gasteiger partial charge in [0.15, 0.2) is 0 Å². The number of piperazine rings is 1. The molecule has 32 heavy (non-hydrogen) atoms. The van der Waals surface area contributed by atoms with E-state index in [2.05, 4.69) is 31.5 Å². The van der Waals surface area contributed by atoms with E-state index in [1.165, 1.54) is 32.1 Å². The van der Waals surface area contributed by atoms with Gasteiger partial charge in [0.25, 0.3) is 0 Å². The molecule has 9 heteroatoms. The first kappa shape index (κ1) is 20.1. The van der Waals surface area contributed by atoms with E-state index >= 15 is 0 Å². The maximum Gasteiger partial charge on any atom is 0.233 e. The van der Waals surface area contributed by atoms with Crippen LogP contribution in [-0.4, -0.2) is 59.2 Å². The molecule has 168 valence electrons. The molecule has 0 amide bonds. The molecule has 2 unspecified atom stereocenters. The van der Waals surface area contributed by atoms with E-state index in [1.54, 1.807) is 11.3 Å². The van der Waals surface area contributed by atoms with Gasteiger partial charge in [-0.25, -0.2) is 4.98 Å². The highest BCUT2D eigenvalue weighted by molar-refractivity contribution is 7.16. The molecule has 2 N–H and O–H groups in total. The van der Waals surface area contributed by atoms with E-state index in [9.17, 15) is 0 Å². The Hall–Kier alpha value is -2.52. The van der Waals surface area contributed by atoms with Crippen LogP contribution in [-0.2, 0) is 0 Å².